The lowest BCUT2D eigenvalue weighted by molar-refractivity contribution is 0.0954. The molecule has 0 atom stereocenters. The summed E-state index contributed by atoms with van der Waals surface area (Å²) >= 11 is 5.02. The first kappa shape index (κ1) is 13.2. The number of carbonyl (C=O) groups is 1. The van der Waals surface area contributed by atoms with Gasteiger partial charge in [0.25, 0.3) is 5.91 Å². The molecule has 3 nitrogen and oxygen atoms in total. The van der Waals surface area contributed by atoms with Gasteiger partial charge in [-0.05, 0) is 30.7 Å². The minimum absolute atomic E-state index is 0.0397. The zero-order chi connectivity index (χ0) is 13.0. The van der Waals surface area contributed by atoms with E-state index < -0.39 is 0 Å². The number of rotatable bonds is 4. The first-order valence-corrected chi connectivity index (χ1v) is 7.27. The number of aryl methyl sites for hydroxylation is 1. The third-order valence-electron chi connectivity index (χ3n) is 2.53. The van der Waals surface area contributed by atoms with E-state index >= 15 is 0 Å². The zero-order valence-corrected chi connectivity index (χ0v) is 12.3. The average molecular weight is 325 g/mol. The van der Waals surface area contributed by atoms with Gasteiger partial charge in [-0.3, -0.25) is 4.79 Å². The molecule has 2 rings (SSSR count). The first-order chi connectivity index (χ1) is 8.66. The maximum atomic E-state index is 11.9. The minimum Gasteiger partial charge on any atom is -0.352 e. The molecular formula is C13H13BrN2OS. The van der Waals surface area contributed by atoms with Crippen LogP contribution in [-0.2, 0) is 6.42 Å². The fourth-order valence-corrected chi connectivity index (χ4v) is 2.41. The molecule has 1 heterocycles. The Balaban J connectivity index is 1.89. The highest BCUT2D eigenvalue weighted by atomic mass is 79.9. The highest BCUT2D eigenvalue weighted by Gasteiger charge is 2.06. The summed E-state index contributed by atoms with van der Waals surface area (Å²) in [5.74, 6) is -0.0397. The summed E-state index contributed by atoms with van der Waals surface area (Å²) in [6, 6.07) is 5.59. The van der Waals surface area contributed by atoms with Gasteiger partial charge in [0.15, 0.2) is 0 Å². The normalized spacial score (nSPS) is 10.3. The van der Waals surface area contributed by atoms with Crippen LogP contribution in [0.5, 0.6) is 0 Å². The Morgan fingerprint density at radius 1 is 1.50 bits per heavy atom. The molecule has 0 aliphatic rings. The summed E-state index contributed by atoms with van der Waals surface area (Å²) in [4.78, 5) is 16.1. The molecule has 1 aromatic heterocycles. The summed E-state index contributed by atoms with van der Waals surface area (Å²) < 4.78 is 1.02. The van der Waals surface area contributed by atoms with Crippen LogP contribution in [0.1, 0.15) is 20.9 Å². The van der Waals surface area contributed by atoms with E-state index in [9.17, 15) is 4.79 Å². The van der Waals surface area contributed by atoms with Gasteiger partial charge in [-0.25, -0.2) is 4.98 Å². The van der Waals surface area contributed by atoms with E-state index in [0.29, 0.717) is 12.1 Å². The average Bonchev–Trinajstić information content (AvgIpc) is 2.85. The molecule has 2 aromatic rings. The van der Waals surface area contributed by atoms with Gasteiger partial charge in [0.1, 0.15) is 0 Å². The van der Waals surface area contributed by atoms with Crippen molar-refractivity contribution in [3.63, 3.8) is 0 Å². The summed E-state index contributed by atoms with van der Waals surface area (Å²) in [5.41, 5.74) is 1.75. The van der Waals surface area contributed by atoms with Gasteiger partial charge >= 0.3 is 0 Å². The van der Waals surface area contributed by atoms with Crippen LogP contribution in [0.3, 0.4) is 0 Å². The lowest BCUT2D eigenvalue weighted by Crippen LogP contribution is -2.25. The zero-order valence-electron chi connectivity index (χ0n) is 9.94. The smallest absolute Gasteiger partial charge is 0.251 e. The molecule has 0 saturated heterocycles. The van der Waals surface area contributed by atoms with E-state index in [1.165, 1.54) is 0 Å². The highest BCUT2D eigenvalue weighted by molar-refractivity contribution is 9.10. The van der Waals surface area contributed by atoms with Gasteiger partial charge in [0.05, 0.1) is 5.01 Å². The standard InChI is InChI=1S/C13H13BrN2OS/c1-9-8-10(2-3-11(9)14)13(17)16-5-4-12-15-6-7-18-12/h2-3,6-8H,4-5H2,1H3,(H,16,17). The molecule has 1 amide bonds. The number of nitrogens with one attached hydrogen (secondary N) is 1. The number of thiazole rings is 1. The molecule has 0 saturated carbocycles. The second kappa shape index (κ2) is 6.11. The maximum Gasteiger partial charge on any atom is 0.251 e. The minimum atomic E-state index is -0.0397. The van der Waals surface area contributed by atoms with Gasteiger partial charge in [-0.1, -0.05) is 15.9 Å². The van der Waals surface area contributed by atoms with Crippen LogP contribution in [-0.4, -0.2) is 17.4 Å². The maximum absolute atomic E-state index is 11.9. The fraction of sp³-hybridized carbons (Fsp3) is 0.231. The number of hydrogen-bond acceptors (Lipinski definition) is 3. The van der Waals surface area contributed by atoms with Crippen LogP contribution in [0.2, 0.25) is 0 Å². The Kier molecular flexibility index (Phi) is 4.49. The van der Waals surface area contributed by atoms with Crippen molar-refractivity contribution in [2.75, 3.05) is 6.54 Å². The van der Waals surface area contributed by atoms with Gasteiger partial charge < -0.3 is 5.32 Å². The Hall–Kier alpha value is -1.20. The molecule has 0 aliphatic carbocycles. The molecule has 0 aliphatic heterocycles. The topological polar surface area (TPSA) is 42.0 Å². The van der Waals surface area contributed by atoms with Crippen molar-refractivity contribution in [1.82, 2.24) is 10.3 Å². The number of benzene rings is 1. The highest BCUT2D eigenvalue weighted by Crippen LogP contribution is 2.16. The number of hydrogen-bond donors (Lipinski definition) is 1. The van der Waals surface area contributed by atoms with Crippen molar-refractivity contribution in [1.29, 1.82) is 0 Å². The second-order valence-corrected chi connectivity index (χ2v) is 5.73. The Bertz CT molecular complexity index is 540. The first-order valence-electron chi connectivity index (χ1n) is 5.59. The lowest BCUT2D eigenvalue weighted by atomic mass is 10.1. The van der Waals surface area contributed by atoms with Crippen molar-refractivity contribution in [2.24, 2.45) is 0 Å². The summed E-state index contributed by atoms with van der Waals surface area (Å²) in [7, 11) is 0. The van der Waals surface area contributed by atoms with Crippen LogP contribution in [0, 0.1) is 6.92 Å². The van der Waals surface area contributed by atoms with Crippen molar-refractivity contribution in [3.8, 4) is 0 Å². The molecule has 0 spiro atoms. The van der Waals surface area contributed by atoms with E-state index in [4.69, 9.17) is 0 Å². The largest absolute Gasteiger partial charge is 0.352 e. The van der Waals surface area contributed by atoms with Crippen molar-refractivity contribution < 1.29 is 4.79 Å². The van der Waals surface area contributed by atoms with Gasteiger partial charge in [-0.2, -0.15) is 0 Å². The Labute approximate surface area is 118 Å². The number of halogens is 1. The van der Waals surface area contributed by atoms with Crippen molar-refractivity contribution >= 4 is 33.2 Å². The van der Waals surface area contributed by atoms with Crippen LogP contribution in [0.15, 0.2) is 34.2 Å². The fourth-order valence-electron chi connectivity index (χ4n) is 1.55. The summed E-state index contributed by atoms with van der Waals surface area (Å²) in [5, 5.41) is 5.88. The molecule has 94 valence electrons. The molecule has 1 aromatic carbocycles. The third-order valence-corrected chi connectivity index (χ3v) is 4.26. The number of nitrogens with zero attached hydrogens (tertiary/aromatic N) is 1. The SMILES string of the molecule is Cc1cc(C(=O)NCCc2nccs2)ccc1Br. The summed E-state index contributed by atoms with van der Waals surface area (Å²) in [6.07, 6.45) is 2.55. The number of amides is 1. The van der Waals surface area contributed by atoms with Crippen molar-refractivity contribution in [3.05, 3.63) is 50.4 Å². The van der Waals surface area contributed by atoms with Gasteiger partial charge in [-0.15, -0.1) is 11.3 Å². The second-order valence-electron chi connectivity index (χ2n) is 3.90. The van der Waals surface area contributed by atoms with Gasteiger partial charge in [0, 0.05) is 34.6 Å². The number of aromatic nitrogens is 1. The Morgan fingerprint density at radius 3 is 3.00 bits per heavy atom. The third kappa shape index (κ3) is 3.40. The van der Waals surface area contributed by atoms with Crippen LogP contribution in [0.25, 0.3) is 0 Å². The Morgan fingerprint density at radius 2 is 2.33 bits per heavy atom. The molecule has 5 heteroatoms. The van der Waals surface area contributed by atoms with E-state index in [1.54, 1.807) is 17.5 Å². The van der Waals surface area contributed by atoms with Crippen LogP contribution < -0.4 is 5.32 Å². The van der Waals surface area contributed by atoms with E-state index in [0.717, 1.165) is 21.5 Å². The van der Waals surface area contributed by atoms with E-state index in [-0.39, 0.29) is 5.91 Å². The molecular weight excluding hydrogens is 312 g/mol. The monoisotopic (exact) mass is 324 g/mol. The van der Waals surface area contributed by atoms with Crippen LogP contribution >= 0.6 is 27.3 Å². The van der Waals surface area contributed by atoms with Crippen LogP contribution in [0.4, 0.5) is 0 Å². The predicted octanol–water partition coefficient (Wildman–Crippen LogP) is 3.19. The lowest BCUT2D eigenvalue weighted by Gasteiger charge is -2.05. The van der Waals surface area contributed by atoms with Gasteiger partial charge in [0.2, 0.25) is 0 Å². The quantitative estimate of drug-likeness (QED) is 0.938. The summed E-state index contributed by atoms with van der Waals surface area (Å²) in [6.45, 7) is 2.58. The predicted molar refractivity (Wildman–Crippen MR) is 77.0 cm³/mol. The van der Waals surface area contributed by atoms with E-state index in [1.807, 2.05) is 30.5 Å². The molecule has 18 heavy (non-hydrogen) atoms. The molecule has 1 N–H and O–H groups in total. The van der Waals surface area contributed by atoms with Crippen molar-refractivity contribution in [2.45, 2.75) is 13.3 Å². The molecule has 0 bridgehead atoms. The van der Waals surface area contributed by atoms with E-state index in [2.05, 4.69) is 26.2 Å². The molecule has 0 unspecified atom stereocenters. The molecule has 0 radical (unpaired) electrons. The molecule has 0 fully saturated rings. The number of carbonyl (C=O) groups excluding carboxylic acids is 1.